The van der Waals surface area contributed by atoms with Crippen molar-refractivity contribution in [1.29, 1.82) is 0 Å². The molecule has 3 atom stereocenters. The molecule has 3 fully saturated rings. The number of rotatable bonds is 6. The maximum atomic E-state index is 12.8. The lowest BCUT2D eigenvalue weighted by molar-refractivity contribution is -0.274. The molecule has 10 heteroatoms. The lowest BCUT2D eigenvalue weighted by Crippen LogP contribution is -2.43. The van der Waals surface area contributed by atoms with Crippen molar-refractivity contribution in [1.82, 2.24) is 19.7 Å². The van der Waals surface area contributed by atoms with Crippen LogP contribution in [0.2, 0.25) is 0 Å². The predicted molar refractivity (Wildman–Crippen MR) is 117 cm³/mol. The lowest BCUT2D eigenvalue weighted by Gasteiger charge is -2.33. The van der Waals surface area contributed by atoms with Gasteiger partial charge in [0.15, 0.2) is 11.6 Å². The van der Waals surface area contributed by atoms with Crippen molar-refractivity contribution >= 4 is 5.82 Å². The lowest BCUT2D eigenvalue weighted by atomic mass is 10.0. The third kappa shape index (κ3) is 4.42. The van der Waals surface area contributed by atoms with Crippen molar-refractivity contribution in [3.63, 3.8) is 0 Å². The summed E-state index contributed by atoms with van der Waals surface area (Å²) in [5.74, 6) is 0.919. The highest BCUT2D eigenvalue weighted by molar-refractivity contribution is 5.64. The molecule has 2 aliphatic carbocycles. The maximum absolute atomic E-state index is 12.8. The van der Waals surface area contributed by atoms with Crippen molar-refractivity contribution in [2.45, 2.75) is 57.5 Å². The zero-order valence-electron chi connectivity index (χ0n) is 18.9. The summed E-state index contributed by atoms with van der Waals surface area (Å²) < 4.78 is 49.9. The van der Waals surface area contributed by atoms with E-state index in [1.165, 1.54) is 30.8 Å². The van der Waals surface area contributed by atoms with Gasteiger partial charge in [-0.05, 0) is 50.2 Å². The number of fused-ring (bicyclic) bond motifs is 1. The van der Waals surface area contributed by atoms with Gasteiger partial charge in [0, 0.05) is 48.5 Å². The van der Waals surface area contributed by atoms with Gasteiger partial charge in [-0.15, -0.1) is 13.2 Å². The molecule has 1 saturated heterocycles. The first-order valence-electron chi connectivity index (χ1n) is 11.7. The second kappa shape index (κ2) is 8.47. The molecule has 0 aromatic carbocycles. The van der Waals surface area contributed by atoms with Crippen LogP contribution in [0.4, 0.5) is 19.0 Å². The number of aromatic nitrogens is 3. The number of anilines is 1. The number of nitrogen functional groups attached to an aromatic ring is 1. The van der Waals surface area contributed by atoms with E-state index in [0.717, 1.165) is 32.7 Å². The molecule has 2 saturated carbocycles. The van der Waals surface area contributed by atoms with E-state index in [-0.39, 0.29) is 11.9 Å². The van der Waals surface area contributed by atoms with Crippen LogP contribution in [0.25, 0.3) is 11.3 Å². The van der Waals surface area contributed by atoms with Gasteiger partial charge in [0.1, 0.15) is 0 Å². The Labute approximate surface area is 191 Å². The van der Waals surface area contributed by atoms with Gasteiger partial charge in [0.05, 0.1) is 18.9 Å². The molecule has 2 aromatic rings. The molecular weight excluding hydrogens is 435 g/mol. The molecule has 5 rings (SSSR count). The summed E-state index contributed by atoms with van der Waals surface area (Å²) in [6.07, 6.45) is -0.104. The van der Waals surface area contributed by atoms with E-state index in [2.05, 4.69) is 33.2 Å². The Balaban J connectivity index is 1.38. The molecule has 0 amide bonds. The number of ether oxygens (including phenoxy) is 2. The molecule has 3 heterocycles. The first-order valence-corrected chi connectivity index (χ1v) is 11.7. The zero-order valence-corrected chi connectivity index (χ0v) is 18.9. The van der Waals surface area contributed by atoms with Gasteiger partial charge in [0.25, 0.3) is 0 Å². The molecular formula is C23H30F3N5O2. The standard InChI is InChI=1S/C23H30F3N5O2/c1-3-13(2)31-19(21-16-9-15(10-17(16)21)30-4-6-32-7-5-30)11-18(29-31)14-8-20(22(27)28-12-14)33-23(24,25)26/h8,11-13,15-17,21H,3-7,9-10H2,1-2H3,(H2,27,28). The second-order valence-electron chi connectivity index (χ2n) is 9.44. The summed E-state index contributed by atoms with van der Waals surface area (Å²) in [5.41, 5.74) is 7.83. The van der Waals surface area contributed by atoms with Crippen LogP contribution in [0.1, 0.15) is 50.8 Å². The monoisotopic (exact) mass is 465 g/mol. The van der Waals surface area contributed by atoms with Crippen molar-refractivity contribution in [3.05, 3.63) is 24.0 Å². The summed E-state index contributed by atoms with van der Waals surface area (Å²) in [6, 6.07) is 4.11. The molecule has 0 bridgehead atoms. The first kappa shape index (κ1) is 22.5. The van der Waals surface area contributed by atoms with Crippen molar-refractivity contribution < 1.29 is 22.6 Å². The third-order valence-electron chi connectivity index (χ3n) is 7.50. The van der Waals surface area contributed by atoms with E-state index in [0.29, 0.717) is 35.1 Å². The summed E-state index contributed by atoms with van der Waals surface area (Å²) in [7, 11) is 0. The van der Waals surface area contributed by atoms with Gasteiger partial charge < -0.3 is 15.2 Å². The fourth-order valence-corrected chi connectivity index (χ4v) is 5.62. The molecule has 1 aliphatic heterocycles. The van der Waals surface area contributed by atoms with E-state index in [1.807, 2.05) is 6.07 Å². The fraction of sp³-hybridized carbons (Fsp3) is 0.652. The van der Waals surface area contributed by atoms with E-state index >= 15 is 0 Å². The topological polar surface area (TPSA) is 78.4 Å². The van der Waals surface area contributed by atoms with Crippen LogP contribution in [-0.4, -0.2) is 58.4 Å². The fourth-order valence-electron chi connectivity index (χ4n) is 5.62. The molecule has 0 spiro atoms. The minimum atomic E-state index is -4.84. The van der Waals surface area contributed by atoms with E-state index < -0.39 is 12.1 Å². The Morgan fingerprint density at radius 2 is 1.91 bits per heavy atom. The smallest absolute Gasteiger partial charge is 0.402 e. The average molecular weight is 466 g/mol. The van der Waals surface area contributed by atoms with Crippen LogP contribution in [0.15, 0.2) is 18.3 Å². The summed E-state index contributed by atoms with van der Waals surface area (Å²) in [5, 5.41) is 4.79. The Kier molecular flexibility index (Phi) is 5.76. The number of morpholine rings is 1. The van der Waals surface area contributed by atoms with Crippen LogP contribution in [0.3, 0.4) is 0 Å². The summed E-state index contributed by atoms with van der Waals surface area (Å²) >= 11 is 0. The van der Waals surface area contributed by atoms with Crippen molar-refractivity contribution in [3.8, 4) is 17.0 Å². The highest BCUT2D eigenvalue weighted by Crippen LogP contribution is 2.64. The highest BCUT2D eigenvalue weighted by Gasteiger charge is 2.58. The Hall–Kier alpha value is -2.33. The number of alkyl halides is 3. The molecule has 2 aromatic heterocycles. The summed E-state index contributed by atoms with van der Waals surface area (Å²) in [6.45, 7) is 7.88. The maximum Gasteiger partial charge on any atom is 0.573 e. The van der Waals surface area contributed by atoms with Gasteiger partial charge in [-0.3, -0.25) is 9.58 Å². The van der Waals surface area contributed by atoms with Gasteiger partial charge in [0.2, 0.25) is 0 Å². The normalized spacial score (nSPS) is 28.5. The van der Waals surface area contributed by atoms with Gasteiger partial charge >= 0.3 is 6.36 Å². The molecule has 3 aliphatic rings. The first-order chi connectivity index (χ1) is 15.7. The van der Waals surface area contributed by atoms with Gasteiger partial charge in [-0.25, -0.2) is 4.98 Å². The van der Waals surface area contributed by atoms with Crippen LogP contribution < -0.4 is 10.5 Å². The number of hydrogen-bond donors (Lipinski definition) is 1. The van der Waals surface area contributed by atoms with Crippen LogP contribution in [-0.2, 0) is 4.74 Å². The molecule has 180 valence electrons. The summed E-state index contributed by atoms with van der Waals surface area (Å²) in [4.78, 5) is 6.47. The van der Waals surface area contributed by atoms with Crippen molar-refractivity contribution in [2.75, 3.05) is 32.0 Å². The van der Waals surface area contributed by atoms with Gasteiger partial charge in [-0.2, -0.15) is 5.10 Å². The predicted octanol–water partition coefficient (Wildman–Crippen LogP) is 4.22. The molecule has 3 unspecified atom stereocenters. The van der Waals surface area contributed by atoms with E-state index in [4.69, 9.17) is 15.6 Å². The largest absolute Gasteiger partial charge is 0.573 e. The van der Waals surface area contributed by atoms with Crippen molar-refractivity contribution in [2.24, 2.45) is 11.8 Å². The van der Waals surface area contributed by atoms with E-state index in [1.54, 1.807) is 0 Å². The van der Waals surface area contributed by atoms with Crippen LogP contribution in [0, 0.1) is 11.8 Å². The average Bonchev–Trinajstić information content (AvgIpc) is 3.14. The van der Waals surface area contributed by atoms with Gasteiger partial charge in [-0.1, -0.05) is 6.92 Å². The molecule has 2 N–H and O–H groups in total. The Morgan fingerprint density at radius 3 is 2.55 bits per heavy atom. The molecule has 0 radical (unpaired) electrons. The number of nitrogens with two attached hydrogens (primary N) is 1. The van der Waals surface area contributed by atoms with Crippen LogP contribution >= 0.6 is 0 Å². The van der Waals surface area contributed by atoms with Crippen LogP contribution in [0.5, 0.6) is 5.75 Å². The molecule has 33 heavy (non-hydrogen) atoms. The second-order valence-corrected chi connectivity index (χ2v) is 9.44. The van der Waals surface area contributed by atoms with E-state index in [9.17, 15) is 13.2 Å². The quantitative estimate of drug-likeness (QED) is 0.688. The zero-order chi connectivity index (χ0) is 23.3. The number of halogens is 3. The Morgan fingerprint density at radius 1 is 1.21 bits per heavy atom. The minimum absolute atomic E-state index is 0.192. The Bertz CT molecular complexity index is 992. The number of hydrogen-bond acceptors (Lipinski definition) is 6. The molecule has 7 nitrogen and oxygen atoms in total. The number of pyridine rings is 1. The number of nitrogens with zero attached hydrogens (tertiary/aromatic N) is 4. The third-order valence-corrected chi connectivity index (χ3v) is 7.50. The minimum Gasteiger partial charge on any atom is -0.402 e. The highest BCUT2D eigenvalue weighted by atomic mass is 19.4. The SMILES string of the molecule is CCC(C)n1nc(-c2cnc(N)c(OC(F)(F)F)c2)cc1C1C2CC(N3CCOCC3)CC21.